The van der Waals surface area contributed by atoms with Crippen LogP contribution in [0.4, 0.5) is 5.95 Å². The Morgan fingerprint density at radius 2 is 2.24 bits per heavy atom. The van der Waals surface area contributed by atoms with E-state index in [2.05, 4.69) is 20.4 Å². The van der Waals surface area contributed by atoms with Crippen LogP contribution in [-0.2, 0) is 9.53 Å². The molecule has 0 amide bonds. The van der Waals surface area contributed by atoms with Crippen molar-refractivity contribution in [1.29, 1.82) is 0 Å². The van der Waals surface area contributed by atoms with Crippen LogP contribution >= 0.6 is 11.8 Å². The molecule has 0 unspecified atom stereocenters. The highest BCUT2D eigenvalue weighted by Crippen LogP contribution is 2.17. The highest BCUT2D eigenvalue weighted by molar-refractivity contribution is 7.99. The van der Waals surface area contributed by atoms with Crippen molar-refractivity contribution in [1.82, 2.24) is 15.0 Å². The molecule has 0 saturated carbocycles. The first-order chi connectivity index (χ1) is 8.19. The molecule has 9 heteroatoms. The second-order valence-corrected chi connectivity index (χ2v) is 3.61. The molecule has 0 spiro atoms. The number of thioether (sulfide) groups is 1. The first kappa shape index (κ1) is 13.5. The molecule has 17 heavy (non-hydrogen) atoms. The van der Waals surface area contributed by atoms with E-state index in [1.807, 2.05) is 0 Å². The molecule has 8 nitrogen and oxygen atoms in total. The molecular formula is C8H13N5O3S. The lowest BCUT2D eigenvalue weighted by molar-refractivity contribution is -0.139. The number of hydrogen-bond acceptors (Lipinski definition) is 9. The molecule has 0 radical (unpaired) electrons. The van der Waals surface area contributed by atoms with Gasteiger partial charge >= 0.3 is 12.0 Å². The number of nitrogen functional groups attached to an aromatic ring is 1. The predicted octanol–water partition coefficient (Wildman–Crippen LogP) is -0.179. The molecule has 1 heterocycles. The molecule has 1 rings (SSSR count). The van der Waals surface area contributed by atoms with Crippen molar-refractivity contribution >= 4 is 23.7 Å². The van der Waals surface area contributed by atoms with Crippen molar-refractivity contribution in [2.75, 3.05) is 24.9 Å². The maximum Gasteiger partial charge on any atom is 0.321 e. The number of esters is 1. The van der Waals surface area contributed by atoms with Gasteiger partial charge in [-0.2, -0.15) is 15.0 Å². The van der Waals surface area contributed by atoms with Crippen LogP contribution in [0.2, 0.25) is 0 Å². The maximum atomic E-state index is 11.1. The average molecular weight is 259 g/mol. The molecule has 3 N–H and O–H groups in total. The van der Waals surface area contributed by atoms with E-state index in [1.54, 1.807) is 6.92 Å². The number of rotatable bonds is 6. The number of anilines is 1. The monoisotopic (exact) mass is 259 g/mol. The maximum absolute atomic E-state index is 11.1. The third-order valence-electron chi connectivity index (χ3n) is 1.53. The lowest BCUT2D eigenvalue weighted by Crippen LogP contribution is -2.13. The quantitative estimate of drug-likeness (QED) is 0.311. The fourth-order valence-corrected chi connectivity index (χ4v) is 1.51. The van der Waals surface area contributed by atoms with E-state index >= 15 is 0 Å². The summed E-state index contributed by atoms with van der Waals surface area (Å²) in [5, 5.41) is 0.331. The summed E-state index contributed by atoms with van der Waals surface area (Å²) in [7, 11) is 1.43. The summed E-state index contributed by atoms with van der Waals surface area (Å²) in [5.74, 6) is 5.14. The molecule has 94 valence electrons. The third kappa shape index (κ3) is 4.41. The van der Waals surface area contributed by atoms with Gasteiger partial charge in [-0.05, 0) is 6.92 Å². The Bertz CT molecular complexity index is 367. The Hall–Kier alpha value is -1.61. The van der Waals surface area contributed by atoms with E-state index in [-0.39, 0.29) is 23.7 Å². The van der Waals surface area contributed by atoms with Crippen molar-refractivity contribution in [3.05, 3.63) is 0 Å². The highest BCUT2D eigenvalue weighted by Gasteiger charge is 2.09. The number of carbonyl (C=O) groups is 1. The Morgan fingerprint density at radius 1 is 1.47 bits per heavy atom. The Morgan fingerprint density at radius 3 is 2.82 bits per heavy atom. The van der Waals surface area contributed by atoms with Crippen LogP contribution < -0.4 is 16.0 Å². The summed E-state index contributed by atoms with van der Waals surface area (Å²) in [6.45, 7) is 2.08. The van der Waals surface area contributed by atoms with Crippen molar-refractivity contribution in [3.63, 3.8) is 0 Å². The molecule has 0 atom stereocenters. The minimum atomic E-state index is -0.334. The van der Waals surface area contributed by atoms with Gasteiger partial charge in [-0.3, -0.25) is 10.2 Å². The fraction of sp³-hybridized carbons (Fsp3) is 0.500. The van der Waals surface area contributed by atoms with Gasteiger partial charge in [0.25, 0.3) is 0 Å². The lowest BCUT2D eigenvalue weighted by atomic mass is 10.8. The van der Waals surface area contributed by atoms with Gasteiger partial charge < -0.3 is 9.47 Å². The molecule has 0 aromatic carbocycles. The number of nitrogens with one attached hydrogen (secondary N) is 1. The van der Waals surface area contributed by atoms with Crippen LogP contribution in [0, 0.1) is 0 Å². The van der Waals surface area contributed by atoms with Crippen LogP contribution in [0.15, 0.2) is 5.16 Å². The lowest BCUT2D eigenvalue weighted by Gasteiger charge is -2.04. The third-order valence-corrected chi connectivity index (χ3v) is 2.35. The summed E-state index contributed by atoms with van der Waals surface area (Å²) >= 11 is 1.12. The van der Waals surface area contributed by atoms with E-state index in [0.717, 1.165) is 11.8 Å². The van der Waals surface area contributed by atoms with Gasteiger partial charge in [0, 0.05) is 0 Å². The molecule has 0 saturated heterocycles. The minimum absolute atomic E-state index is 0.116. The van der Waals surface area contributed by atoms with E-state index in [4.69, 9.17) is 15.3 Å². The van der Waals surface area contributed by atoms with Gasteiger partial charge in [-0.1, -0.05) is 11.8 Å². The summed E-state index contributed by atoms with van der Waals surface area (Å²) in [4.78, 5) is 22.9. The van der Waals surface area contributed by atoms with Crippen molar-refractivity contribution < 1.29 is 14.3 Å². The number of aromatic nitrogens is 3. The Labute approximate surface area is 102 Å². The molecule has 0 bridgehead atoms. The number of methoxy groups -OCH3 is 1. The number of hydrazine groups is 1. The van der Waals surface area contributed by atoms with Crippen molar-refractivity contribution in [2.45, 2.75) is 12.1 Å². The number of ether oxygens (including phenoxy) is 2. The highest BCUT2D eigenvalue weighted by atomic mass is 32.2. The smallest absolute Gasteiger partial charge is 0.321 e. The van der Waals surface area contributed by atoms with Gasteiger partial charge in [0.1, 0.15) is 0 Å². The molecular weight excluding hydrogens is 246 g/mol. The normalized spacial score (nSPS) is 9.82. The summed E-state index contributed by atoms with van der Waals surface area (Å²) < 4.78 is 9.64. The number of nitrogens with two attached hydrogens (primary N) is 1. The Balaban J connectivity index is 2.66. The van der Waals surface area contributed by atoms with Gasteiger partial charge in [0.15, 0.2) is 5.16 Å². The zero-order valence-electron chi connectivity index (χ0n) is 9.47. The molecule has 0 aliphatic rings. The number of nitrogens with zero attached hydrogens (tertiary/aromatic N) is 3. The van der Waals surface area contributed by atoms with E-state index in [0.29, 0.717) is 11.8 Å². The second-order valence-electron chi connectivity index (χ2n) is 2.67. The van der Waals surface area contributed by atoms with Crippen LogP contribution in [0.5, 0.6) is 6.01 Å². The molecule has 0 aliphatic heterocycles. The largest absolute Gasteiger partial charge is 0.467 e. The molecule has 0 aliphatic carbocycles. The van der Waals surface area contributed by atoms with Crippen LogP contribution in [0.1, 0.15) is 6.92 Å². The number of hydrogen-bond donors (Lipinski definition) is 2. The van der Waals surface area contributed by atoms with Crippen LogP contribution in [0.25, 0.3) is 0 Å². The van der Waals surface area contributed by atoms with Crippen molar-refractivity contribution in [2.24, 2.45) is 5.84 Å². The van der Waals surface area contributed by atoms with Crippen molar-refractivity contribution in [3.8, 4) is 6.01 Å². The fourth-order valence-electron chi connectivity index (χ4n) is 0.885. The summed E-state index contributed by atoms with van der Waals surface area (Å²) in [6.07, 6.45) is 0. The van der Waals surface area contributed by atoms with Crippen LogP contribution in [-0.4, -0.2) is 40.4 Å². The summed E-state index contributed by atoms with van der Waals surface area (Å²) in [6, 6.07) is 0.124. The molecule has 0 fully saturated rings. The van der Waals surface area contributed by atoms with Gasteiger partial charge in [-0.15, -0.1) is 0 Å². The predicted molar refractivity (Wildman–Crippen MR) is 61.5 cm³/mol. The average Bonchev–Trinajstić information content (AvgIpc) is 2.36. The van der Waals surface area contributed by atoms with Gasteiger partial charge in [0.05, 0.1) is 19.5 Å². The van der Waals surface area contributed by atoms with Gasteiger partial charge in [-0.25, -0.2) is 5.84 Å². The van der Waals surface area contributed by atoms with E-state index in [1.165, 1.54) is 7.11 Å². The topological polar surface area (TPSA) is 112 Å². The second kappa shape index (κ2) is 6.86. The van der Waals surface area contributed by atoms with E-state index in [9.17, 15) is 4.79 Å². The Kier molecular flexibility index (Phi) is 5.43. The molecule has 1 aromatic rings. The summed E-state index contributed by atoms with van der Waals surface area (Å²) in [5.41, 5.74) is 2.28. The SMILES string of the molecule is CCOC(=O)CSc1nc(NN)nc(OC)n1. The first-order valence-electron chi connectivity index (χ1n) is 4.74. The number of carbonyl (C=O) groups excluding carboxylic acids is 1. The zero-order chi connectivity index (χ0) is 12.7. The van der Waals surface area contributed by atoms with E-state index < -0.39 is 0 Å². The zero-order valence-corrected chi connectivity index (χ0v) is 10.3. The first-order valence-corrected chi connectivity index (χ1v) is 5.73. The van der Waals surface area contributed by atoms with Gasteiger partial charge in [0.2, 0.25) is 5.95 Å². The minimum Gasteiger partial charge on any atom is -0.467 e. The molecule has 1 aromatic heterocycles. The standard InChI is InChI=1S/C8H13N5O3S/c1-3-16-5(14)4-17-8-11-6(13-9)10-7(12-8)15-2/h3-4,9H2,1-2H3,(H,10,11,12,13). The van der Waals surface area contributed by atoms with Crippen LogP contribution in [0.3, 0.4) is 0 Å².